The van der Waals surface area contributed by atoms with Crippen molar-refractivity contribution in [2.75, 3.05) is 13.2 Å². The van der Waals surface area contributed by atoms with Gasteiger partial charge in [0.25, 0.3) is 0 Å². The van der Waals surface area contributed by atoms with Gasteiger partial charge in [-0.15, -0.1) is 0 Å². The van der Waals surface area contributed by atoms with Gasteiger partial charge < -0.3 is 18.9 Å². The summed E-state index contributed by atoms with van der Waals surface area (Å²) in [6.45, 7) is 1.03. The molecule has 0 N–H and O–H groups in total. The quantitative estimate of drug-likeness (QED) is 0.355. The van der Waals surface area contributed by atoms with Crippen molar-refractivity contribution in [3.63, 3.8) is 0 Å². The molecule has 4 aliphatic rings. The number of hydrogen-bond acceptors (Lipinski definition) is 6. The predicted molar refractivity (Wildman–Crippen MR) is 92.4 cm³/mol. The maximum atomic E-state index is 11.8. The first kappa shape index (κ1) is 18.2. The smallest absolute Gasteiger partial charge is 0.305 e. The minimum Gasteiger partial charge on any atom is -0.465 e. The van der Waals surface area contributed by atoms with Crippen molar-refractivity contribution >= 4 is 11.9 Å². The Morgan fingerprint density at radius 3 is 1.58 bits per heavy atom. The molecule has 0 aromatic heterocycles. The molecule has 2 heterocycles. The average molecular weight is 366 g/mol. The van der Waals surface area contributed by atoms with Crippen LogP contribution in [0.2, 0.25) is 0 Å². The van der Waals surface area contributed by atoms with Crippen molar-refractivity contribution in [1.82, 2.24) is 0 Å². The van der Waals surface area contributed by atoms with Crippen LogP contribution in [0.15, 0.2) is 0 Å². The van der Waals surface area contributed by atoms with Gasteiger partial charge in [-0.2, -0.15) is 0 Å². The number of fused-ring (bicyclic) bond motifs is 2. The number of carbonyl (C=O) groups excluding carboxylic acids is 2. The van der Waals surface area contributed by atoms with E-state index in [1.165, 1.54) is 0 Å². The van der Waals surface area contributed by atoms with Gasteiger partial charge in [0.2, 0.25) is 0 Å². The average Bonchev–Trinajstić information content (AvgIpc) is 3.55. The summed E-state index contributed by atoms with van der Waals surface area (Å²) in [6, 6.07) is 0. The Kier molecular flexibility index (Phi) is 5.79. The summed E-state index contributed by atoms with van der Waals surface area (Å²) in [5, 5.41) is 0. The highest BCUT2D eigenvalue weighted by Crippen LogP contribution is 2.40. The third-order valence-electron chi connectivity index (χ3n) is 6.20. The second kappa shape index (κ2) is 8.26. The highest BCUT2D eigenvalue weighted by Gasteiger charge is 2.44. The first-order valence-corrected chi connectivity index (χ1v) is 10.3. The Bertz CT molecular complexity index is 474. The highest BCUT2D eigenvalue weighted by molar-refractivity contribution is 5.70. The summed E-state index contributed by atoms with van der Waals surface area (Å²) >= 11 is 0. The Balaban J connectivity index is 0.992. The minimum absolute atomic E-state index is 0.154. The largest absolute Gasteiger partial charge is 0.465 e. The third-order valence-corrected chi connectivity index (χ3v) is 6.20. The number of ether oxygens (including phenoxy) is 4. The number of epoxide rings is 2. The van der Waals surface area contributed by atoms with E-state index < -0.39 is 0 Å². The van der Waals surface area contributed by atoms with Gasteiger partial charge in [0.1, 0.15) is 0 Å². The van der Waals surface area contributed by atoms with Crippen LogP contribution in [-0.4, -0.2) is 49.6 Å². The van der Waals surface area contributed by atoms with E-state index in [0.29, 0.717) is 75.1 Å². The van der Waals surface area contributed by atoms with Crippen molar-refractivity contribution in [3.05, 3.63) is 0 Å². The van der Waals surface area contributed by atoms with E-state index in [1.807, 2.05) is 0 Å². The fourth-order valence-corrected chi connectivity index (χ4v) is 4.38. The Morgan fingerprint density at radius 2 is 1.15 bits per heavy atom. The van der Waals surface area contributed by atoms with Gasteiger partial charge in [-0.1, -0.05) is 0 Å². The molecule has 6 atom stereocenters. The van der Waals surface area contributed by atoms with E-state index in [-0.39, 0.29) is 11.9 Å². The van der Waals surface area contributed by atoms with Crippen LogP contribution in [0.4, 0.5) is 0 Å². The maximum Gasteiger partial charge on any atom is 0.305 e. The molecule has 2 saturated carbocycles. The molecule has 146 valence electrons. The molecular weight excluding hydrogens is 336 g/mol. The summed E-state index contributed by atoms with van der Waals surface area (Å²) < 4.78 is 21.7. The maximum absolute atomic E-state index is 11.8. The summed E-state index contributed by atoms with van der Waals surface area (Å²) in [4.78, 5) is 23.6. The molecule has 6 heteroatoms. The second-order valence-corrected chi connectivity index (χ2v) is 8.36. The molecule has 2 saturated heterocycles. The summed E-state index contributed by atoms with van der Waals surface area (Å²) in [5.74, 6) is 0.597. The SMILES string of the molecule is O=C(CCCCC(=O)OC[C@H]1CC[C@H]2O[C@H]2C1)OC[C@H]1CC[C@H]2O[C@H]2C1. The molecule has 0 radical (unpaired) electrons. The van der Waals surface area contributed by atoms with E-state index in [9.17, 15) is 9.59 Å². The van der Waals surface area contributed by atoms with Crippen LogP contribution < -0.4 is 0 Å². The lowest BCUT2D eigenvalue weighted by molar-refractivity contribution is -0.147. The van der Waals surface area contributed by atoms with Crippen LogP contribution in [0.1, 0.15) is 64.2 Å². The number of rotatable bonds is 9. The molecule has 0 bridgehead atoms. The van der Waals surface area contributed by atoms with Gasteiger partial charge in [-0.25, -0.2) is 0 Å². The second-order valence-electron chi connectivity index (χ2n) is 8.36. The fourth-order valence-electron chi connectivity index (χ4n) is 4.38. The third kappa shape index (κ3) is 5.19. The summed E-state index contributed by atoms with van der Waals surface area (Å²) in [6.07, 6.45) is 10.4. The molecule has 4 rings (SSSR count). The van der Waals surface area contributed by atoms with Gasteiger partial charge in [-0.3, -0.25) is 9.59 Å². The standard InChI is InChI=1S/C20H30O6/c21-19(23-11-13-5-7-15-17(9-13)25-15)3-1-2-4-20(22)24-12-14-6-8-16-18(10-14)26-16/h13-18H,1-12H2/t13-,14-,15+,16+,17-,18-/m0/s1. The lowest BCUT2D eigenvalue weighted by Crippen LogP contribution is -2.20. The topological polar surface area (TPSA) is 77.7 Å². The van der Waals surface area contributed by atoms with E-state index in [1.54, 1.807) is 0 Å². The van der Waals surface area contributed by atoms with Gasteiger partial charge in [0.05, 0.1) is 37.6 Å². The molecule has 4 fully saturated rings. The van der Waals surface area contributed by atoms with E-state index in [4.69, 9.17) is 18.9 Å². The molecular formula is C20H30O6. The normalized spacial score (nSPS) is 37.2. The Labute approximate surface area is 154 Å². The first-order chi connectivity index (χ1) is 12.7. The molecule has 0 unspecified atom stereocenters. The van der Waals surface area contributed by atoms with Gasteiger partial charge in [0, 0.05) is 12.8 Å². The first-order valence-electron chi connectivity index (χ1n) is 10.3. The molecule has 0 aromatic rings. The summed E-state index contributed by atoms with van der Waals surface area (Å²) in [5.41, 5.74) is 0. The molecule has 0 aromatic carbocycles. The van der Waals surface area contributed by atoms with Crippen LogP contribution >= 0.6 is 0 Å². The molecule has 2 aliphatic carbocycles. The Hall–Kier alpha value is -1.14. The van der Waals surface area contributed by atoms with E-state index >= 15 is 0 Å². The predicted octanol–water partition coefficient (Wildman–Crippen LogP) is 2.77. The van der Waals surface area contributed by atoms with Crippen LogP contribution in [0, 0.1) is 11.8 Å². The monoisotopic (exact) mass is 366 g/mol. The van der Waals surface area contributed by atoms with Crippen LogP contribution in [-0.2, 0) is 28.5 Å². The Morgan fingerprint density at radius 1 is 0.692 bits per heavy atom. The molecule has 26 heavy (non-hydrogen) atoms. The van der Waals surface area contributed by atoms with Crippen LogP contribution in [0.25, 0.3) is 0 Å². The van der Waals surface area contributed by atoms with Gasteiger partial charge in [0.15, 0.2) is 0 Å². The van der Waals surface area contributed by atoms with Crippen molar-refractivity contribution < 1.29 is 28.5 Å². The van der Waals surface area contributed by atoms with Crippen molar-refractivity contribution in [2.45, 2.75) is 88.6 Å². The lowest BCUT2D eigenvalue weighted by Gasteiger charge is -2.18. The van der Waals surface area contributed by atoms with E-state index in [2.05, 4.69) is 0 Å². The minimum atomic E-state index is -0.154. The van der Waals surface area contributed by atoms with Crippen molar-refractivity contribution in [2.24, 2.45) is 11.8 Å². The molecule has 0 spiro atoms. The zero-order valence-corrected chi connectivity index (χ0v) is 15.4. The van der Waals surface area contributed by atoms with Gasteiger partial charge in [-0.05, 0) is 63.2 Å². The van der Waals surface area contributed by atoms with Crippen molar-refractivity contribution in [3.8, 4) is 0 Å². The summed E-state index contributed by atoms with van der Waals surface area (Å²) in [7, 11) is 0. The molecule has 6 nitrogen and oxygen atoms in total. The molecule has 2 aliphatic heterocycles. The van der Waals surface area contributed by atoms with E-state index in [0.717, 1.165) is 38.5 Å². The van der Waals surface area contributed by atoms with Gasteiger partial charge >= 0.3 is 11.9 Å². The van der Waals surface area contributed by atoms with Crippen molar-refractivity contribution in [1.29, 1.82) is 0 Å². The van der Waals surface area contributed by atoms with Crippen LogP contribution in [0.3, 0.4) is 0 Å². The lowest BCUT2D eigenvalue weighted by atomic mass is 9.90. The number of hydrogen-bond donors (Lipinski definition) is 0. The highest BCUT2D eigenvalue weighted by atomic mass is 16.6. The molecule has 0 amide bonds. The zero-order chi connectivity index (χ0) is 17.9. The zero-order valence-electron chi connectivity index (χ0n) is 15.4. The fraction of sp³-hybridized carbons (Fsp3) is 0.900. The number of carbonyl (C=O) groups is 2. The number of esters is 2. The van der Waals surface area contributed by atoms with Crippen LogP contribution in [0.5, 0.6) is 0 Å². The number of unbranched alkanes of at least 4 members (excludes halogenated alkanes) is 1.